The molecule has 1 fully saturated rings. The number of Topliss-reactive ketones (excluding diaryl/α,β-unsaturated/α-hetero) is 1. The zero-order valence-electron chi connectivity index (χ0n) is 22.1. The Morgan fingerprint density at radius 3 is 2.37 bits per heavy atom. The van der Waals surface area contributed by atoms with Gasteiger partial charge in [-0.1, -0.05) is 62.4 Å². The topological polar surface area (TPSA) is 73.4 Å². The molecule has 0 saturated carbocycles. The fourth-order valence-corrected chi connectivity index (χ4v) is 5.52. The van der Waals surface area contributed by atoms with E-state index >= 15 is 0 Å². The normalized spacial score (nSPS) is 15.1. The van der Waals surface area contributed by atoms with Crippen LogP contribution in [0.15, 0.2) is 77.2 Å². The number of rotatable bonds is 9. The minimum absolute atomic E-state index is 0.0837. The third-order valence-electron chi connectivity index (χ3n) is 7.68. The molecule has 1 saturated heterocycles. The van der Waals surface area contributed by atoms with E-state index in [1.165, 1.54) is 0 Å². The number of hydrogen-bond acceptors (Lipinski definition) is 6. The third kappa shape index (κ3) is 5.34. The average molecular weight is 507 g/mol. The van der Waals surface area contributed by atoms with Gasteiger partial charge in [0, 0.05) is 38.5 Å². The highest BCUT2D eigenvalue weighted by atomic mass is 16.3. The summed E-state index contributed by atoms with van der Waals surface area (Å²) in [6.45, 7) is 7.29. The lowest BCUT2D eigenvalue weighted by molar-refractivity contribution is -0.122. The zero-order valence-corrected chi connectivity index (χ0v) is 22.1. The number of benzene rings is 3. The molecule has 1 aromatic heterocycles. The van der Waals surface area contributed by atoms with Gasteiger partial charge in [0.25, 0.3) is 0 Å². The van der Waals surface area contributed by atoms with Gasteiger partial charge in [0.15, 0.2) is 5.58 Å². The Balaban J connectivity index is 1.34. The minimum atomic E-state index is -0.0837. The summed E-state index contributed by atoms with van der Waals surface area (Å²) in [6.07, 6.45) is 2.10. The van der Waals surface area contributed by atoms with E-state index in [2.05, 4.69) is 54.0 Å². The van der Waals surface area contributed by atoms with Gasteiger partial charge in [0.1, 0.15) is 23.4 Å². The van der Waals surface area contributed by atoms with E-state index in [0.717, 1.165) is 66.9 Å². The van der Waals surface area contributed by atoms with Crippen LogP contribution in [0.1, 0.15) is 55.3 Å². The molecule has 1 aliphatic rings. The van der Waals surface area contributed by atoms with Gasteiger partial charge in [-0.15, -0.1) is 0 Å². The van der Waals surface area contributed by atoms with Crippen LogP contribution in [0.3, 0.4) is 0 Å². The first-order chi connectivity index (χ1) is 18.6. The van der Waals surface area contributed by atoms with Gasteiger partial charge in [-0.2, -0.15) is 5.26 Å². The molecule has 0 aliphatic carbocycles. The number of aromatic nitrogens is 1. The van der Waals surface area contributed by atoms with Crippen molar-refractivity contribution in [3.05, 3.63) is 95.4 Å². The summed E-state index contributed by atoms with van der Waals surface area (Å²) < 4.78 is 6.23. The predicted octanol–water partition coefficient (Wildman–Crippen LogP) is 6.16. The highest BCUT2D eigenvalue weighted by molar-refractivity contribution is 5.83. The van der Waals surface area contributed by atoms with Gasteiger partial charge >= 0.3 is 0 Å². The summed E-state index contributed by atoms with van der Waals surface area (Å²) in [4.78, 5) is 22.2. The number of nitriles is 1. The van der Waals surface area contributed by atoms with Crippen molar-refractivity contribution in [1.29, 1.82) is 5.26 Å². The van der Waals surface area contributed by atoms with E-state index in [1.807, 2.05) is 48.5 Å². The van der Waals surface area contributed by atoms with Crippen LogP contribution in [0.5, 0.6) is 0 Å². The monoisotopic (exact) mass is 506 g/mol. The Labute approximate surface area is 224 Å². The van der Waals surface area contributed by atoms with E-state index in [-0.39, 0.29) is 17.7 Å². The van der Waals surface area contributed by atoms with Crippen molar-refractivity contribution in [3.8, 4) is 6.07 Å². The molecule has 0 spiro atoms. The molecule has 2 heterocycles. The number of nitrogens with zero attached hydrogens (tertiary/aromatic N) is 4. The molecule has 1 unspecified atom stereocenters. The fraction of sp³-hybridized carbons (Fsp3) is 0.344. The molecule has 6 nitrogen and oxygen atoms in total. The van der Waals surface area contributed by atoms with Crippen LogP contribution in [0.2, 0.25) is 0 Å². The smallest absolute Gasteiger partial charge is 0.217 e. The van der Waals surface area contributed by atoms with Crippen molar-refractivity contribution < 1.29 is 9.21 Å². The molecule has 6 heteroatoms. The molecule has 0 radical (unpaired) electrons. The van der Waals surface area contributed by atoms with Crippen LogP contribution in [0.4, 0.5) is 5.69 Å². The summed E-state index contributed by atoms with van der Waals surface area (Å²) in [5, 5.41) is 9.92. The Bertz CT molecular complexity index is 1390. The highest BCUT2D eigenvalue weighted by Crippen LogP contribution is 2.32. The number of hydrogen-bond donors (Lipinski definition) is 0. The Hall–Kier alpha value is -3.95. The van der Waals surface area contributed by atoms with Crippen molar-refractivity contribution in [2.45, 2.75) is 39.2 Å². The maximum atomic E-state index is 12.6. The SMILES string of the molecule is CCC(CC)C(=O)Cc1ccc(N2CCN(C(c3ccccc3)c3nc4ccccc4o3)CC2)c(C#N)c1. The molecule has 38 heavy (non-hydrogen) atoms. The van der Waals surface area contributed by atoms with Crippen LogP contribution in [0.25, 0.3) is 11.1 Å². The van der Waals surface area contributed by atoms with Gasteiger partial charge in [0.05, 0.1) is 11.3 Å². The van der Waals surface area contributed by atoms with Gasteiger partial charge in [-0.25, -0.2) is 4.98 Å². The number of para-hydroxylation sites is 2. The molecular formula is C32H34N4O2. The molecule has 0 N–H and O–H groups in total. The number of fused-ring (bicyclic) bond motifs is 1. The summed E-state index contributed by atoms with van der Waals surface area (Å²) in [5.41, 5.74) is 5.29. The lowest BCUT2D eigenvalue weighted by atomic mass is 9.93. The molecule has 5 rings (SSSR count). The molecule has 0 amide bonds. The quantitative estimate of drug-likeness (QED) is 0.271. The van der Waals surface area contributed by atoms with E-state index in [4.69, 9.17) is 9.40 Å². The molecule has 1 aliphatic heterocycles. The van der Waals surface area contributed by atoms with Gasteiger partial charge in [-0.05, 0) is 48.2 Å². The first-order valence-corrected chi connectivity index (χ1v) is 13.6. The van der Waals surface area contributed by atoms with E-state index in [0.29, 0.717) is 17.9 Å². The first-order valence-electron chi connectivity index (χ1n) is 13.6. The van der Waals surface area contributed by atoms with E-state index in [9.17, 15) is 10.1 Å². The van der Waals surface area contributed by atoms with Crippen LogP contribution < -0.4 is 4.90 Å². The minimum Gasteiger partial charge on any atom is -0.439 e. The van der Waals surface area contributed by atoms with Crippen LogP contribution >= 0.6 is 0 Å². The Morgan fingerprint density at radius 2 is 1.68 bits per heavy atom. The van der Waals surface area contributed by atoms with Gasteiger partial charge in [-0.3, -0.25) is 9.69 Å². The van der Waals surface area contributed by atoms with Crippen molar-refractivity contribution >= 4 is 22.6 Å². The molecule has 194 valence electrons. The third-order valence-corrected chi connectivity index (χ3v) is 7.68. The van der Waals surface area contributed by atoms with Crippen molar-refractivity contribution in [2.24, 2.45) is 5.92 Å². The maximum Gasteiger partial charge on any atom is 0.217 e. The standard InChI is InChI=1S/C32H34N4O2/c1-3-24(4-2)29(37)21-23-14-15-28(26(20-23)22-33)35-16-18-36(19-17-35)31(25-10-6-5-7-11-25)32-34-27-12-8-9-13-30(27)38-32/h5-15,20,24,31H,3-4,16-19,21H2,1-2H3. The zero-order chi connectivity index (χ0) is 26.5. The number of ketones is 1. The average Bonchev–Trinajstić information content (AvgIpc) is 3.38. The number of piperazine rings is 1. The molecule has 3 aromatic carbocycles. The first kappa shape index (κ1) is 25.7. The van der Waals surface area contributed by atoms with Gasteiger partial charge in [0.2, 0.25) is 5.89 Å². The number of carbonyl (C=O) groups is 1. The number of carbonyl (C=O) groups excluding carboxylic acids is 1. The Kier molecular flexibility index (Phi) is 7.86. The lowest BCUT2D eigenvalue weighted by Crippen LogP contribution is -2.48. The molecule has 1 atom stereocenters. The second-order valence-corrected chi connectivity index (χ2v) is 9.98. The van der Waals surface area contributed by atoms with Crippen molar-refractivity contribution in [2.75, 3.05) is 31.1 Å². The predicted molar refractivity (Wildman–Crippen MR) is 150 cm³/mol. The summed E-state index contributed by atoms with van der Waals surface area (Å²) >= 11 is 0. The number of oxazole rings is 1. The summed E-state index contributed by atoms with van der Waals surface area (Å²) in [6, 6.07) is 26.5. The molecule has 0 bridgehead atoms. The lowest BCUT2D eigenvalue weighted by Gasteiger charge is -2.39. The van der Waals surface area contributed by atoms with E-state index < -0.39 is 0 Å². The summed E-state index contributed by atoms with van der Waals surface area (Å²) in [7, 11) is 0. The molecular weight excluding hydrogens is 472 g/mol. The Morgan fingerprint density at radius 1 is 0.974 bits per heavy atom. The summed E-state index contributed by atoms with van der Waals surface area (Å²) in [5.74, 6) is 1.05. The van der Waals surface area contributed by atoms with Crippen LogP contribution in [-0.4, -0.2) is 41.8 Å². The molecule has 4 aromatic rings. The fourth-order valence-electron chi connectivity index (χ4n) is 5.52. The van der Waals surface area contributed by atoms with E-state index in [1.54, 1.807) is 0 Å². The van der Waals surface area contributed by atoms with Crippen molar-refractivity contribution in [3.63, 3.8) is 0 Å². The van der Waals surface area contributed by atoms with Gasteiger partial charge < -0.3 is 9.32 Å². The highest BCUT2D eigenvalue weighted by Gasteiger charge is 2.31. The van der Waals surface area contributed by atoms with Crippen LogP contribution in [-0.2, 0) is 11.2 Å². The second-order valence-electron chi connectivity index (χ2n) is 9.98. The number of anilines is 1. The van der Waals surface area contributed by atoms with Crippen LogP contribution in [0, 0.1) is 17.2 Å². The largest absolute Gasteiger partial charge is 0.439 e. The maximum absolute atomic E-state index is 12.6. The van der Waals surface area contributed by atoms with Crippen molar-refractivity contribution in [1.82, 2.24) is 9.88 Å². The second kappa shape index (κ2) is 11.6.